The first-order chi connectivity index (χ1) is 7.44. The number of allylic oxidation sites excluding steroid dienone is 1. The second-order valence-corrected chi connectivity index (χ2v) is 6.53. The van der Waals surface area contributed by atoms with Crippen LogP contribution in [-0.2, 0) is 6.42 Å². The monoisotopic (exact) mass is 237 g/mol. The largest absolute Gasteiger partial charge is 0.389 e. The molecule has 1 aliphatic rings. The third kappa shape index (κ3) is 2.92. The fourth-order valence-corrected chi connectivity index (χ4v) is 3.10. The molecule has 0 spiro atoms. The van der Waals surface area contributed by atoms with Crippen LogP contribution in [0.3, 0.4) is 0 Å². The highest BCUT2D eigenvalue weighted by Gasteiger charge is 2.27. The molecule has 0 saturated carbocycles. The topological polar surface area (TPSA) is 33.1 Å². The lowest BCUT2D eigenvalue weighted by Crippen LogP contribution is -2.25. The quantitative estimate of drug-likeness (QED) is 0.802. The zero-order valence-electron chi connectivity index (χ0n) is 10.2. The Balaban J connectivity index is 2.10. The molecule has 1 aromatic heterocycles. The Morgan fingerprint density at radius 3 is 2.88 bits per heavy atom. The second-order valence-electron chi connectivity index (χ2n) is 5.47. The molecular weight excluding hydrogens is 218 g/mol. The van der Waals surface area contributed by atoms with E-state index in [4.69, 9.17) is 0 Å². The zero-order valence-corrected chi connectivity index (χ0v) is 11.0. The summed E-state index contributed by atoms with van der Waals surface area (Å²) in [6.45, 7) is 6.47. The first kappa shape index (κ1) is 11.8. The van der Waals surface area contributed by atoms with Crippen molar-refractivity contribution >= 4 is 11.3 Å². The number of aromatic nitrogens is 1. The van der Waals surface area contributed by atoms with E-state index in [9.17, 15) is 5.11 Å². The molecule has 0 fully saturated rings. The van der Waals surface area contributed by atoms with Gasteiger partial charge in [-0.25, -0.2) is 4.98 Å². The third-order valence-electron chi connectivity index (χ3n) is 2.97. The van der Waals surface area contributed by atoms with Crippen LogP contribution < -0.4 is 0 Å². The first-order valence-electron chi connectivity index (χ1n) is 5.73. The van der Waals surface area contributed by atoms with E-state index in [0.29, 0.717) is 0 Å². The van der Waals surface area contributed by atoms with Crippen molar-refractivity contribution in [1.82, 2.24) is 4.98 Å². The number of aliphatic hydroxyl groups excluding tert-OH is 1. The van der Waals surface area contributed by atoms with Crippen LogP contribution in [0.1, 0.15) is 37.4 Å². The maximum atomic E-state index is 9.80. The van der Waals surface area contributed by atoms with E-state index in [-0.39, 0.29) is 11.5 Å². The van der Waals surface area contributed by atoms with Crippen molar-refractivity contribution in [3.63, 3.8) is 0 Å². The highest BCUT2D eigenvalue weighted by Crippen LogP contribution is 2.36. The Morgan fingerprint density at radius 1 is 1.56 bits per heavy atom. The highest BCUT2D eigenvalue weighted by atomic mass is 32.1. The van der Waals surface area contributed by atoms with Gasteiger partial charge in [-0.1, -0.05) is 25.5 Å². The van der Waals surface area contributed by atoms with Gasteiger partial charge in [-0.2, -0.15) is 0 Å². The van der Waals surface area contributed by atoms with Gasteiger partial charge in [-0.05, 0) is 25.2 Å². The molecule has 0 amide bonds. The number of hydrogen-bond acceptors (Lipinski definition) is 3. The fraction of sp³-hybridized carbons (Fsp3) is 0.615. The Morgan fingerprint density at radius 2 is 2.31 bits per heavy atom. The Kier molecular flexibility index (Phi) is 3.17. The van der Waals surface area contributed by atoms with Crippen LogP contribution in [0.25, 0.3) is 0 Å². The average molecular weight is 237 g/mol. The normalized spacial score (nSPS) is 24.2. The summed E-state index contributed by atoms with van der Waals surface area (Å²) in [4.78, 5) is 4.47. The molecule has 3 heteroatoms. The van der Waals surface area contributed by atoms with Gasteiger partial charge in [0.05, 0.1) is 16.8 Å². The smallest absolute Gasteiger partial charge is 0.0897 e. The van der Waals surface area contributed by atoms with E-state index < -0.39 is 0 Å². The van der Waals surface area contributed by atoms with Crippen molar-refractivity contribution in [3.05, 3.63) is 27.7 Å². The number of rotatable bonds is 2. The summed E-state index contributed by atoms with van der Waals surface area (Å²) in [7, 11) is 0. The number of aryl methyl sites for hydroxylation is 1. The van der Waals surface area contributed by atoms with Crippen molar-refractivity contribution < 1.29 is 5.11 Å². The van der Waals surface area contributed by atoms with Crippen LogP contribution in [0.15, 0.2) is 17.0 Å². The van der Waals surface area contributed by atoms with Gasteiger partial charge in [0.2, 0.25) is 0 Å². The standard InChI is InChI=1S/C13H19NOS/c1-9-14-11(8-16-9)4-10-5-12(15)7-13(2,3)6-10/h5,8,12,15H,4,6-7H2,1-3H3. The molecule has 1 heterocycles. The first-order valence-corrected chi connectivity index (χ1v) is 6.61. The Hall–Kier alpha value is -0.670. The van der Waals surface area contributed by atoms with Crippen LogP contribution in [0.5, 0.6) is 0 Å². The summed E-state index contributed by atoms with van der Waals surface area (Å²) in [5.74, 6) is 0. The van der Waals surface area contributed by atoms with Crippen LogP contribution in [0.2, 0.25) is 0 Å². The molecule has 1 N–H and O–H groups in total. The van der Waals surface area contributed by atoms with Crippen LogP contribution in [-0.4, -0.2) is 16.2 Å². The maximum absolute atomic E-state index is 9.80. The lowest BCUT2D eigenvalue weighted by molar-refractivity contribution is 0.138. The average Bonchev–Trinajstić information content (AvgIpc) is 2.46. The SMILES string of the molecule is Cc1nc(CC2=CC(O)CC(C)(C)C2)cs1. The summed E-state index contributed by atoms with van der Waals surface area (Å²) in [6, 6.07) is 0. The molecule has 88 valence electrons. The van der Waals surface area contributed by atoms with E-state index in [1.807, 2.05) is 13.0 Å². The van der Waals surface area contributed by atoms with Gasteiger partial charge in [-0.15, -0.1) is 11.3 Å². The molecule has 2 rings (SSSR count). The minimum absolute atomic E-state index is 0.217. The number of hydrogen-bond donors (Lipinski definition) is 1. The zero-order chi connectivity index (χ0) is 11.8. The minimum atomic E-state index is -0.279. The van der Waals surface area contributed by atoms with Gasteiger partial charge in [0.25, 0.3) is 0 Å². The van der Waals surface area contributed by atoms with E-state index in [2.05, 4.69) is 24.2 Å². The summed E-state index contributed by atoms with van der Waals surface area (Å²) < 4.78 is 0. The lowest BCUT2D eigenvalue weighted by atomic mass is 9.75. The molecule has 0 bridgehead atoms. The predicted molar refractivity (Wildman–Crippen MR) is 67.7 cm³/mol. The third-order valence-corrected chi connectivity index (χ3v) is 3.79. The van der Waals surface area contributed by atoms with Gasteiger partial charge < -0.3 is 5.11 Å². The molecule has 0 saturated heterocycles. The predicted octanol–water partition coefficient (Wildman–Crippen LogP) is 3.10. The van der Waals surface area contributed by atoms with E-state index >= 15 is 0 Å². The lowest BCUT2D eigenvalue weighted by Gasteiger charge is -2.32. The van der Waals surface area contributed by atoms with Crippen molar-refractivity contribution in [2.75, 3.05) is 0 Å². The molecule has 1 unspecified atom stereocenters. The molecular formula is C13H19NOS. The van der Waals surface area contributed by atoms with Crippen molar-refractivity contribution in [3.8, 4) is 0 Å². The maximum Gasteiger partial charge on any atom is 0.0897 e. The summed E-state index contributed by atoms with van der Waals surface area (Å²) >= 11 is 1.69. The molecule has 1 atom stereocenters. The van der Waals surface area contributed by atoms with Gasteiger partial charge in [0, 0.05) is 11.8 Å². The molecule has 2 nitrogen and oxygen atoms in total. The van der Waals surface area contributed by atoms with Gasteiger partial charge >= 0.3 is 0 Å². The highest BCUT2D eigenvalue weighted by molar-refractivity contribution is 7.09. The number of aliphatic hydroxyl groups is 1. The minimum Gasteiger partial charge on any atom is -0.389 e. The fourth-order valence-electron chi connectivity index (χ4n) is 2.49. The van der Waals surface area contributed by atoms with Crippen molar-refractivity contribution in [1.29, 1.82) is 0 Å². The number of thiazole rings is 1. The van der Waals surface area contributed by atoms with Crippen LogP contribution >= 0.6 is 11.3 Å². The van der Waals surface area contributed by atoms with Crippen LogP contribution in [0.4, 0.5) is 0 Å². The molecule has 0 aromatic carbocycles. The second kappa shape index (κ2) is 4.30. The molecule has 1 aliphatic carbocycles. The molecule has 0 radical (unpaired) electrons. The Bertz CT molecular complexity index is 406. The van der Waals surface area contributed by atoms with E-state index in [0.717, 1.165) is 30.0 Å². The van der Waals surface area contributed by atoms with Crippen LogP contribution in [0, 0.1) is 12.3 Å². The van der Waals surface area contributed by atoms with Crippen molar-refractivity contribution in [2.45, 2.75) is 46.1 Å². The summed E-state index contributed by atoms with van der Waals surface area (Å²) in [5, 5.41) is 13.0. The van der Waals surface area contributed by atoms with Gasteiger partial charge in [-0.3, -0.25) is 0 Å². The van der Waals surface area contributed by atoms with Gasteiger partial charge in [0.1, 0.15) is 0 Å². The Labute approximate surface area is 101 Å². The molecule has 0 aliphatic heterocycles. The summed E-state index contributed by atoms with van der Waals surface area (Å²) in [5.41, 5.74) is 2.68. The molecule has 1 aromatic rings. The molecule has 16 heavy (non-hydrogen) atoms. The van der Waals surface area contributed by atoms with E-state index in [1.54, 1.807) is 11.3 Å². The number of nitrogens with zero attached hydrogens (tertiary/aromatic N) is 1. The van der Waals surface area contributed by atoms with Gasteiger partial charge in [0.15, 0.2) is 0 Å². The summed E-state index contributed by atoms with van der Waals surface area (Å²) in [6.07, 6.45) is 4.57. The van der Waals surface area contributed by atoms with Crippen molar-refractivity contribution in [2.24, 2.45) is 5.41 Å². The van der Waals surface area contributed by atoms with E-state index in [1.165, 1.54) is 5.57 Å².